The van der Waals surface area contributed by atoms with Crippen LogP contribution < -0.4 is 10.2 Å². The molecule has 0 unspecified atom stereocenters. The molecule has 2 aromatic carbocycles. The van der Waals surface area contributed by atoms with Crippen molar-refractivity contribution in [3.05, 3.63) is 72.4 Å². The third-order valence-electron chi connectivity index (χ3n) is 4.76. The number of carbonyl (C=O) groups is 1. The fourth-order valence-corrected chi connectivity index (χ4v) is 3.53. The maximum Gasteiger partial charge on any atom is 0.224 e. The number of nitrogens with zero attached hydrogens (tertiary/aromatic N) is 2. The Balaban J connectivity index is 1.39. The third kappa shape index (κ3) is 3.48. The van der Waals surface area contributed by atoms with Gasteiger partial charge in [0.05, 0.1) is 6.42 Å². The number of carbonyl (C=O) groups excluding carboxylic acids is 1. The van der Waals surface area contributed by atoms with E-state index < -0.39 is 0 Å². The van der Waals surface area contributed by atoms with Gasteiger partial charge in [-0.25, -0.2) is 4.98 Å². The SMILES string of the molecule is O=C(Cc1cccc2ccccc12)N[C@@H]1CCN(c2ccccn2)C1. The predicted molar refractivity (Wildman–Crippen MR) is 101 cm³/mol. The summed E-state index contributed by atoms with van der Waals surface area (Å²) >= 11 is 0. The zero-order chi connectivity index (χ0) is 17.1. The van der Waals surface area contributed by atoms with Crippen molar-refractivity contribution in [2.45, 2.75) is 18.9 Å². The lowest BCUT2D eigenvalue weighted by Crippen LogP contribution is -2.38. The van der Waals surface area contributed by atoms with Crippen LogP contribution in [0.3, 0.4) is 0 Å². The normalized spacial score (nSPS) is 17.0. The molecule has 0 bridgehead atoms. The number of rotatable bonds is 4. The molecule has 1 aliphatic heterocycles. The van der Waals surface area contributed by atoms with E-state index in [0.29, 0.717) is 6.42 Å². The molecule has 4 heteroatoms. The largest absolute Gasteiger partial charge is 0.354 e. The molecule has 4 nitrogen and oxygen atoms in total. The number of benzene rings is 2. The molecule has 1 aliphatic rings. The van der Waals surface area contributed by atoms with Crippen LogP contribution in [-0.4, -0.2) is 30.0 Å². The lowest BCUT2D eigenvalue weighted by atomic mass is 10.0. The van der Waals surface area contributed by atoms with Crippen molar-refractivity contribution in [3.63, 3.8) is 0 Å². The minimum Gasteiger partial charge on any atom is -0.354 e. The Morgan fingerprint density at radius 1 is 1.08 bits per heavy atom. The number of hydrogen-bond donors (Lipinski definition) is 1. The fraction of sp³-hybridized carbons (Fsp3) is 0.238. The first-order chi connectivity index (χ1) is 12.3. The summed E-state index contributed by atoms with van der Waals surface area (Å²) in [6.45, 7) is 1.74. The van der Waals surface area contributed by atoms with E-state index in [-0.39, 0.29) is 11.9 Å². The lowest BCUT2D eigenvalue weighted by molar-refractivity contribution is -0.121. The third-order valence-corrected chi connectivity index (χ3v) is 4.76. The van der Waals surface area contributed by atoms with Gasteiger partial charge in [0.1, 0.15) is 5.82 Å². The Bertz CT molecular complexity index is 873. The van der Waals surface area contributed by atoms with Crippen molar-refractivity contribution in [1.82, 2.24) is 10.3 Å². The van der Waals surface area contributed by atoms with E-state index in [1.54, 1.807) is 0 Å². The van der Waals surface area contributed by atoms with Gasteiger partial charge in [-0.05, 0) is 34.9 Å². The van der Waals surface area contributed by atoms with Crippen molar-refractivity contribution in [3.8, 4) is 0 Å². The summed E-state index contributed by atoms with van der Waals surface area (Å²) in [4.78, 5) is 19.1. The second kappa shape index (κ2) is 6.93. The number of pyridine rings is 1. The van der Waals surface area contributed by atoms with Gasteiger partial charge < -0.3 is 10.2 Å². The van der Waals surface area contributed by atoms with E-state index in [1.807, 2.05) is 48.7 Å². The minimum atomic E-state index is 0.0872. The highest BCUT2D eigenvalue weighted by Crippen LogP contribution is 2.20. The molecule has 4 rings (SSSR count). The van der Waals surface area contributed by atoms with E-state index in [2.05, 4.69) is 33.4 Å². The van der Waals surface area contributed by atoms with Crippen molar-refractivity contribution in [2.24, 2.45) is 0 Å². The highest BCUT2D eigenvalue weighted by atomic mass is 16.1. The topological polar surface area (TPSA) is 45.2 Å². The number of anilines is 1. The minimum absolute atomic E-state index is 0.0872. The Kier molecular flexibility index (Phi) is 4.34. The summed E-state index contributed by atoms with van der Waals surface area (Å²) in [5, 5.41) is 5.51. The van der Waals surface area contributed by atoms with Crippen LogP contribution in [0.4, 0.5) is 5.82 Å². The molecule has 1 amide bonds. The molecule has 1 N–H and O–H groups in total. The Morgan fingerprint density at radius 3 is 2.80 bits per heavy atom. The van der Waals surface area contributed by atoms with Gasteiger partial charge in [-0.15, -0.1) is 0 Å². The second-order valence-corrected chi connectivity index (χ2v) is 6.50. The predicted octanol–water partition coefficient (Wildman–Crippen LogP) is 3.17. The molecular formula is C21H21N3O. The molecule has 1 saturated heterocycles. The van der Waals surface area contributed by atoms with Crippen LogP contribution in [0.15, 0.2) is 66.9 Å². The average Bonchev–Trinajstić information content (AvgIpc) is 3.11. The van der Waals surface area contributed by atoms with Crippen LogP contribution in [0.25, 0.3) is 10.8 Å². The van der Waals surface area contributed by atoms with Crippen molar-refractivity contribution in [1.29, 1.82) is 0 Å². The molecule has 0 saturated carbocycles. The standard InChI is InChI=1S/C21H21N3O/c25-21(14-17-8-5-7-16-6-1-2-9-19(16)17)23-18-11-13-24(15-18)20-10-3-4-12-22-20/h1-10,12,18H,11,13-15H2,(H,23,25)/t18-/m1/s1. The summed E-state index contributed by atoms with van der Waals surface area (Å²) in [5.74, 6) is 1.07. The monoisotopic (exact) mass is 331 g/mol. The Labute approximate surface area is 147 Å². The Morgan fingerprint density at radius 2 is 1.92 bits per heavy atom. The van der Waals surface area contributed by atoms with Gasteiger partial charge in [0.2, 0.25) is 5.91 Å². The second-order valence-electron chi connectivity index (χ2n) is 6.50. The quantitative estimate of drug-likeness (QED) is 0.799. The summed E-state index contributed by atoms with van der Waals surface area (Å²) in [6, 6.07) is 20.5. The molecule has 0 aliphatic carbocycles. The lowest BCUT2D eigenvalue weighted by Gasteiger charge is -2.18. The molecule has 3 aromatic rings. The van der Waals surface area contributed by atoms with Crippen molar-refractivity contribution >= 4 is 22.5 Å². The molecule has 0 radical (unpaired) electrons. The molecule has 1 fully saturated rings. The van der Waals surface area contributed by atoms with E-state index >= 15 is 0 Å². The number of hydrogen-bond acceptors (Lipinski definition) is 3. The molecule has 25 heavy (non-hydrogen) atoms. The average molecular weight is 331 g/mol. The number of aromatic nitrogens is 1. The van der Waals surface area contributed by atoms with Gasteiger partial charge in [0.25, 0.3) is 0 Å². The van der Waals surface area contributed by atoms with Crippen LogP contribution >= 0.6 is 0 Å². The van der Waals surface area contributed by atoms with Crippen LogP contribution in [0.2, 0.25) is 0 Å². The molecule has 0 spiro atoms. The van der Waals surface area contributed by atoms with Gasteiger partial charge in [-0.3, -0.25) is 4.79 Å². The first-order valence-corrected chi connectivity index (χ1v) is 8.71. The zero-order valence-electron chi connectivity index (χ0n) is 14.1. The molecular weight excluding hydrogens is 310 g/mol. The molecule has 126 valence electrons. The molecule has 2 heterocycles. The summed E-state index contributed by atoms with van der Waals surface area (Å²) in [6.07, 6.45) is 3.18. The van der Waals surface area contributed by atoms with E-state index in [1.165, 1.54) is 5.39 Å². The summed E-state index contributed by atoms with van der Waals surface area (Å²) < 4.78 is 0. The zero-order valence-corrected chi connectivity index (χ0v) is 14.1. The van der Waals surface area contributed by atoms with Gasteiger partial charge >= 0.3 is 0 Å². The molecule has 1 atom stereocenters. The highest BCUT2D eigenvalue weighted by Gasteiger charge is 2.24. The number of fused-ring (bicyclic) bond motifs is 1. The van der Waals surface area contributed by atoms with Gasteiger partial charge in [-0.1, -0.05) is 48.5 Å². The van der Waals surface area contributed by atoms with Crippen LogP contribution in [0.1, 0.15) is 12.0 Å². The van der Waals surface area contributed by atoms with Crippen molar-refractivity contribution < 1.29 is 4.79 Å². The van der Waals surface area contributed by atoms with Crippen LogP contribution in [-0.2, 0) is 11.2 Å². The fourth-order valence-electron chi connectivity index (χ4n) is 3.53. The Hall–Kier alpha value is -2.88. The van der Waals surface area contributed by atoms with E-state index in [9.17, 15) is 4.79 Å². The number of amides is 1. The van der Waals surface area contributed by atoms with Gasteiger partial charge in [-0.2, -0.15) is 0 Å². The van der Waals surface area contributed by atoms with E-state index in [4.69, 9.17) is 0 Å². The summed E-state index contributed by atoms with van der Waals surface area (Å²) in [5.41, 5.74) is 1.08. The van der Waals surface area contributed by atoms with E-state index in [0.717, 1.165) is 36.3 Å². The summed E-state index contributed by atoms with van der Waals surface area (Å²) in [7, 11) is 0. The van der Waals surface area contributed by atoms with Crippen molar-refractivity contribution in [2.75, 3.05) is 18.0 Å². The van der Waals surface area contributed by atoms with Crippen LogP contribution in [0, 0.1) is 0 Å². The smallest absolute Gasteiger partial charge is 0.224 e. The maximum atomic E-state index is 12.5. The van der Waals surface area contributed by atoms with Crippen LogP contribution in [0.5, 0.6) is 0 Å². The maximum absolute atomic E-state index is 12.5. The first kappa shape index (κ1) is 15.6. The molecule has 1 aromatic heterocycles. The van der Waals surface area contributed by atoms with Gasteiger partial charge in [0, 0.05) is 25.3 Å². The first-order valence-electron chi connectivity index (χ1n) is 8.71. The number of nitrogens with one attached hydrogen (secondary N) is 1. The van der Waals surface area contributed by atoms with Gasteiger partial charge in [0.15, 0.2) is 0 Å². The highest BCUT2D eigenvalue weighted by molar-refractivity contribution is 5.90.